The molecule has 0 unspecified atom stereocenters. The van der Waals surface area contributed by atoms with Crippen molar-refractivity contribution < 1.29 is 48.6 Å². The van der Waals surface area contributed by atoms with E-state index in [9.17, 15) is 24.6 Å². The molecule has 12 nitrogen and oxygen atoms in total. The van der Waals surface area contributed by atoms with Crippen molar-refractivity contribution in [3.63, 3.8) is 0 Å². The third-order valence-corrected chi connectivity index (χ3v) is 9.71. The number of H-pyrrole nitrogens is 1. The highest BCUT2D eigenvalue weighted by Gasteiger charge is 2.69. The molecule has 1 aromatic carbocycles. The van der Waals surface area contributed by atoms with Crippen LogP contribution in [-0.4, -0.2) is 63.1 Å². The van der Waals surface area contributed by atoms with Crippen LogP contribution in [-0.2, 0) is 44.8 Å². The van der Waals surface area contributed by atoms with Crippen molar-refractivity contribution in [2.45, 2.75) is 95.7 Å². The summed E-state index contributed by atoms with van der Waals surface area (Å²) < 4.78 is 18.3. The topological polar surface area (TPSA) is 166 Å². The molecule has 42 heavy (non-hydrogen) atoms. The molecule has 5 aliphatic rings. The number of phenolic OH excluding ortho intramolecular Hbond substituents is 1. The van der Waals surface area contributed by atoms with Gasteiger partial charge < -0.3 is 34.7 Å². The molecule has 4 N–H and O–H groups in total. The lowest BCUT2D eigenvalue weighted by Crippen LogP contribution is -2.70. The second-order valence-electron chi connectivity index (χ2n) is 12.5. The minimum atomic E-state index is -1.22. The van der Waals surface area contributed by atoms with Crippen LogP contribution in [0, 0.1) is 23.7 Å². The predicted octanol–water partition coefficient (Wildman–Crippen LogP) is 3.52. The summed E-state index contributed by atoms with van der Waals surface area (Å²) in [6.45, 7) is 6.01. The molecule has 0 radical (unpaired) electrons. The van der Waals surface area contributed by atoms with E-state index in [4.69, 9.17) is 24.0 Å². The Labute approximate surface area is 242 Å². The van der Waals surface area contributed by atoms with Gasteiger partial charge in [0.25, 0.3) is 0 Å². The van der Waals surface area contributed by atoms with Crippen LogP contribution in [0.2, 0.25) is 0 Å². The SMILES string of the molecule is C[C@H]1[C@H](OC(=O)CCC(=O)N[C@H](Cc2c[nH]c3ccc(O)cc23)C(=O)O)O[C@@H]2O[C@@]3(C)CC[C@H]4[C@H](C)CC[C@@H]1[C@@]24OO3. The highest BCUT2D eigenvalue weighted by molar-refractivity contribution is 5.88. The van der Waals surface area contributed by atoms with Crippen molar-refractivity contribution in [3.05, 3.63) is 30.0 Å². The zero-order chi connectivity index (χ0) is 29.8. The first-order chi connectivity index (χ1) is 20.0. The van der Waals surface area contributed by atoms with Gasteiger partial charge >= 0.3 is 11.9 Å². The molecule has 5 fully saturated rings. The van der Waals surface area contributed by atoms with Crippen molar-refractivity contribution in [1.29, 1.82) is 0 Å². The maximum Gasteiger partial charge on any atom is 0.326 e. The number of hydrogen-bond donors (Lipinski definition) is 4. The van der Waals surface area contributed by atoms with Crippen LogP contribution >= 0.6 is 0 Å². The number of nitrogens with one attached hydrogen (secondary N) is 2. The minimum absolute atomic E-state index is 0.00273. The number of carbonyl (C=O) groups is 3. The van der Waals surface area contributed by atoms with Crippen LogP contribution in [0.5, 0.6) is 5.75 Å². The normalized spacial score (nSPS) is 36.1. The van der Waals surface area contributed by atoms with E-state index >= 15 is 0 Å². The maximum absolute atomic E-state index is 12.9. The molecular weight excluding hydrogens is 548 g/mol. The smallest absolute Gasteiger partial charge is 0.326 e. The quantitative estimate of drug-likeness (QED) is 0.266. The van der Waals surface area contributed by atoms with Gasteiger partial charge in [0.1, 0.15) is 11.8 Å². The molecule has 4 aliphatic heterocycles. The molecule has 1 amide bonds. The number of carboxylic acids is 1. The van der Waals surface area contributed by atoms with Gasteiger partial charge in [-0.25, -0.2) is 14.6 Å². The lowest BCUT2D eigenvalue weighted by molar-refractivity contribution is -0.576. The Bertz CT molecular complexity index is 1380. The van der Waals surface area contributed by atoms with Gasteiger partial charge in [-0.2, -0.15) is 0 Å². The van der Waals surface area contributed by atoms with Gasteiger partial charge in [0.2, 0.25) is 18.0 Å². The highest BCUT2D eigenvalue weighted by atomic mass is 17.3. The summed E-state index contributed by atoms with van der Waals surface area (Å²) in [4.78, 5) is 52.4. The van der Waals surface area contributed by atoms with E-state index in [1.807, 2.05) is 13.8 Å². The fourth-order valence-corrected chi connectivity index (χ4v) is 7.43. The average molecular weight is 587 g/mol. The van der Waals surface area contributed by atoms with Crippen molar-refractivity contribution in [2.24, 2.45) is 23.7 Å². The molecule has 1 aliphatic carbocycles. The van der Waals surface area contributed by atoms with Crippen molar-refractivity contribution >= 4 is 28.7 Å². The standard InChI is InChI=1S/C30H38N2O10/c1-15-4-6-21-16(2)27(39-28-30(21)20(15)10-11-29(3,40-28)41-42-30)38-25(35)9-8-24(34)32-23(26(36)37)12-17-14-31-22-7-5-18(33)13-19(17)22/h5,7,13-16,20-21,23,27-28,31,33H,4,6,8-12H2,1-3H3,(H,32,34)(H,36,37)/t15-,16-,20+,21+,23-,27-,28-,29-,30-/m1/s1. The van der Waals surface area contributed by atoms with Crippen molar-refractivity contribution in [2.75, 3.05) is 0 Å². The lowest BCUT2D eigenvalue weighted by Gasteiger charge is -2.59. The number of amides is 1. The Balaban J connectivity index is 1.07. The summed E-state index contributed by atoms with van der Waals surface area (Å²) in [5.41, 5.74) is 0.594. The highest BCUT2D eigenvalue weighted by Crippen LogP contribution is 2.60. The number of rotatable bonds is 8. The van der Waals surface area contributed by atoms with Crippen LogP contribution in [0.4, 0.5) is 0 Å². The Morgan fingerprint density at radius 1 is 1.14 bits per heavy atom. The number of phenols is 1. The van der Waals surface area contributed by atoms with Gasteiger partial charge in [-0.05, 0) is 61.8 Å². The summed E-state index contributed by atoms with van der Waals surface area (Å²) in [6, 6.07) is 3.52. The molecule has 5 heterocycles. The number of esters is 1. The number of aromatic nitrogens is 1. The van der Waals surface area contributed by atoms with E-state index in [2.05, 4.69) is 17.2 Å². The molecule has 12 heteroatoms. The predicted molar refractivity (Wildman–Crippen MR) is 145 cm³/mol. The molecule has 228 valence electrons. The molecule has 7 rings (SSSR count). The summed E-state index contributed by atoms with van der Waals surface area (Å²) >= 11 is 0. The molecule has 9 atom stereocenters. The molecule has 2 bridgehead atoms. The number of aromatic hydroxyl groups is 1. The third-order valence-electron chi connectivity index (χ3n) is 9.71. The van der Waals surface area contributed by atoms with Crippen LogP contribution in [0.25, 0.3) is 10.9 Å². The van der Waals surface area contributed by atoms with E-state index in [0.29, 0.717) is 23.3 Å². The number of hydrogen-bond acceptors (Lipinski definition) is 9. The van der Waals surface area contributed by atoms with Gasteiger partial charge in [-0.1, -0.05) is 13.8 Å². The van der Waals surface area contributed by atoms with Crippen molar-refractivity contribution in [1.82, 2.24) is 10.3 Å². The van der Waals surface area contributed by atoms with Gasteiger partial charge in [0, 0.05) is 48.2 Å². The van der Waals surface area contributed by atoms with E-state index in [-0.39, 0.29) is 42.8 Å². The van der Waals surface area contributed by atoms with Gasteiger partial charge in [0.15, 0.2) is 11.9 Å². The molecule has 4 saturated heterocycles. The maximum atomic E-state index is 12.9. The van der Waals surface area contributed by atoms with Crippen LogP contribution in [0.15, 0.2) is 24.4 Å². The number of fused-ring (bicyclic) bond motifs is 3. The minimum Gasteiger partial charge on any atom is -0.508 e. The van der Waals surface area contributed by atoms with Gasteiger partial charge in [-0.15, -0.1) is 0 Å². The second-order valence-corrected chi connectivity index (χ2v) is 12.5. The van der Waals surface area contributed by atoms with Crippen LogP contribution in [0.1, 0.15) is 64.9 Å². The monoisotopic (exact) mass is 586 g/mol. The van der Waals surface area contributed by atoms with E-state index in [0.717, 1.165) is 24.8 Å². The molecule has 1 spiro atoms. The van der Waals surface area contributed by atoms with Crippen LogP contribution in [0.3, 0.4) is 0 Å². The van der Waals surface area contributed by atoms with Crippen molar-refractivity contribution in [3.8, 4) is 5.75 Å². The average Bonchev–Trinajstić information content (AvgIpc) is 3.19. The third kappa shape index (κ3) is 5.04. The van der Waals surface area contributed by atoms with E-state index < -0.39 is 47.9 Å². The first-order valence-corrected chi connectivity index (χ1v) is 14.7. The lowest BCUT2D eigenvalue weighted by atomic mass is 9.58. The zero-order valence-electron chi connectivity index (χ0n) is 24.0. The number of aliphatic carboxylic acids is 1. The van der Waals surface area contributed by atoms with Crippen LogP contribution < -0.4 is 5.32 Å². The number of aromatic amines is 1. The second kappa shape index (κ2) is 10.8. The number of benzene rings is 1. The fourth-order valence-electron chi connectivity index (χ4n) is 7.43. The van der Waals surface area contributed by atoms with E-state index in [1.165, 1.54) is 12.1 Å². The zero-order valence-corrected chi connectivity index (χ0v) is 24.0. The number of carbonyl (C=O) groups excluding carboxylic acids is 2. The summed E-state index contributed by atoms with van der Waals surface area (Å²) in [5, 5.41) is 22.7. The molecule has 2 aromatic rings. The van der Waals surface area contributed by atoms with Gasteiger partial charge in [0.05, 0.1) is 6.42 Å². The Kier molecular flexibility index (Phi) is 7.45. The Hall–Kier alpha value is -3.19. The summed E-state index contributed by atoms with van der Waals surface area (Å²) in [6.07, 6.45) is 2.94. The largest absolute Gasteiger partial charge is 0.508 e. The Morgan fingerprint density at radius 2 is 1.95 bits per heavy atom. The Morgan fingerprint density at radius 3 is 2.74 bits per heavy atom. The molecule has 1 saturated carbocycles. The number of ether oxygens (including phenoxy) is 3. The molecular formula is C30H38N2O10. The molecule has 1 aromatic heterocycles. The summed E-state index contributed by atoms with van der Waals surface area (Å²) in [5.74, 6) is -2.94. The summed E-state index contributed by atoms with van der Waals surface area (Å²) in [7, 11) is 0. The van der Waals surface area contributed by atoms with E-state index in [1.54, 1.807) is 12.3 Å². The number of carboxylic acid groups (broad SMARTS) is 1. The fraction of sp³-hybridized carbons (Fsp3) is 0.633. The van der Waals surface area contributed by atoms with Gasteiger partial charge in [-0.3, -0.25) is 9.59 Å². The first-order valence-electron chi connectivity index (χ1n) is 14.7. The first kappa shape index (κ1) is 28.9.